The molecule has 120 valence electrons. The topological polar surface area (TPSA) is 103 Å². The summed E-state index contributed by atoms with van der Waals surface area (Å²) in [5.74, 6) is 0.184. The van der Waals surface area contributed by atoms with Crippen molar-refractivity contribution in [2.75, 3.05) is 12.4 Å². The highest BCUT2D eigenvalue weighted by molar-refractivity contribution is 5.90. The molecule has 1 aromatic carbocycles. The summed E-state index contributed by atoms with van der Waals surface area (Å²) in [7, 11) is 1.53. The lowest BCUT2D eigenvalue weighted by molar-refractivity contribution is -0.385. The van der Waals surface area contributed by atoms with Gasteiger partial charge in [-0.15, -0.1) is 0 Å². The predicted octanol–water partition coefficient (Wildman–Crippen LogP) is 1.71. The molecule has 0 spiro atoms. The summed E-state index contributed by atoms with van der Waals surface area (Å²) < 4.78 is 6.01. The number of nitro groups is 1. The van der Waals surface area contributed by atoms with E-state index in [2.05, 4.69) is 5.32 Å². The summed E-state index contributed by atoms with van der Waals surface area (Å²) in [6.07, 6.45) is 1.07. The quantitative estimate of drug-likeness (QED) is 0.668. The maximum absolute atomic E-state index is 12.0. The molecule has 0 saturated carbocycles. The van der Waals surface area contributed by atoms with E-state index in [1.807, 2.05) is 0 Å². The lowest BCUT2D eigenvalue weighted by Crippen LogP contribution is -2.27. The number of nitrogens with zero attached hydrogens (tertiary/aromatic N) is 2. The standard InChI is InChI=1S/C15H15N3O5/c1-10-7-15(20)17(8-13(10)18(21)22)9-14(19)16-11-3-5-12(23-2)6-4-11/h3-8H,9H2,1-2H3,(H,16,19). The van der Waals surface area contributed by atoms with Crippen LogP contribution in [-0.2, 0) is 11.3 Å². The summed E-state index contributed by atoms with van der Waals surface area (Å²) in [6, 6.07) is 7.80. The number of nitrogens with one attached hydrogen (secondary N) is 1. The zero-order valence-electron chi connectivity index (χ0n) is 12.6. The van der Waals surface area contributed by atoms with Gasteiger partial charge in [-0.25, -0.2) is 0 Å². The monoisotopic (exact) mass is 317 g/mol. The molecule has 2 rings (SSSR count). The Morgan fingerprint density at radius 3 is 2.57 bits per heavy atom. The van der Waals surface area contributed by atoms with Gasteiger partial charge in [-0.3, -0.25) is 24.3 Å². The zero-order valence-corrected chi connectivity index (χ0v) is 12.6. The van der Waals surface area contributed by atoms with E-state index in [4.69, 9.17) is 4.74 Å². The van der Waals surface area contributed by atoms with Crippen LogP contribution in [0, 0.1) is 17.0 Å². The first-order valence-corrected chi connectivity index (χ1v) is 6.70. The summed E-state index contributed by atoms with van der Waals surface area (Å²) >= 11 is 0. The number of aryl methyl sites for hydroxylation is 1. The second-order valence-electron chi connectivity index (χ2n) is 4.84. The summed E-state index contributed by atoms with van der Waals surface area (Å²) in [5, 5.41) is 13.5. The van der Waals surface area contributed by atoms with E-state index in [0.717, 1.165) is 16.8 Å². The van der Waals surface area contributed by atoms with E-state index in [9.17, 15) is 19.7 Å². The van der Waals surface area contributed by atoms with Crippen molar-refractivity contribution in [2.24, 2.45) is 0 Å². The van der Waals surface area contributed by atoms with Gasteiger partial charge >= 0.3 is 0 Å². The smallest absolute Gasteiger partial charge is 0.288 e. The second kappa shape index (κ2) is 6.73. The van der Waals surface area contributed by atoms with E-state index < -0.39 is 16.4 Å². The summed E-state index contributed by atoms with van der Waals surface area (Å²) in [6.45, 7) is 1.16. The van der Waals surface area contributed by atoms with Crippen molar-refractivity contribution in [2.45, 2.75) is 13.5 Å². The second-order valence-corrected chi connectivity index (χ2v) is 4.84. The molecule has 0 unspecified atom stereocenters. The Morgan fingerprint density at radius 2 is 2.00 bits per heavy atom. The van der Waals surface area contributed by atoms with Gasteiger partial charge in [0.1, 0.15) is 12.3 Å². The Labute approximate surface area is 131 Å². The number of methoxy groups -OCH3 is 1. The first-order valence-electron chi connectivity index (χ1n) is 6.70. The van der Waals surface area contributed by atoms with Crippen LogP contribution in [0.25, 0.3) is 0 Å². The van der Waals surface area contributed by atoms with Crippen LogP contribution < -0.4 is 15.6 Å². The van der Waals surface area contributed by atoms with Crippen LogP contribution in [0.1, 0.15) is 5.56 Å². The molecule has 0 aliphatic rings. The Kier molecular flexibility index (Phi) is 4.75. The molecule has 0 radical (unpaired) electrons. The Hall–Kier alpha value is -3.16. The van der Waals surface area contributed by atoms with Gasteiger partial charge in [-0.05, 0) is 31.2 Å². The Bertz CT molecular complexity index is 796. The molecule has 0 saturated heterocycles. The first-order chi connectivity index (χ1) is 10.9. The fraction of sp³-hybridized carbons (Fsp3) is 0.200. The van der Waals surface area contributed by atoms with Gasteiger partial charge in [-0.1, -0.05) is 0 Å². The number of hydrogen-bond acceptors (Lipinski definition) is 5. The van der Waals surface area contributed by atoms with Crippen LogP contribution >= 0.6 is 0 Å². The molecule has 0 aliphatic heterocycles. The van der Waals surface area contributed by atoms with Crippen LogP contribution in [0.3, 0.4) is 0 Å². The van der Waals surface area contributed by atoms with Crippen LogP contribution in [-0.4, -0.2) is 22.5 Å². The van der Waals surface area contributed by atoms with Gasteiger partial charge in [0.05, 0.1) is 18.2 Å². The minimum atomic E-state index is -0.591. The van der Waals surface area contributed by atoms with Crippen molar-refractivity contribution in [3.05, 3.63) is 62.6 Å². The average Bonchev–Trinajstić information content (AvgIpc) is 2.50. The molecule has 1 N–H and O–H groups in total. The normalized spacial score (nSPS) is 10.2. The third-order valence-corrected chi connectivity index (χ3v) is 3.19. The number of aromatic nitrogens is 1. The number of amides is 1. The molecule has 1 aromatic heterocycles. The fourth-order valence-corrected chi connectivity index (χ4v) is 2.00. The van der Waals surface area contributed by atoms with E-state index >= 15 is 0 Å². The predicted molar refractivity (Wildman–Crippen MR) is 83.7 cm³/mol. The van der Waals surface area contributed by atoms with Gasteiger partial charge in [0.2, 0.25) is 5.91 Å². The number of benzene rings is 1. The molecule has 0 fully saturated rings. The molecular formula is C15H15N3O5. The van der Waals surface area contributed by atoms with Crippen molar-refractivity contribution >= 4 is 17.3 Å². The minimum Gasteiger partial charge on any atom is -0.497 e. The highest BCUT2D eigenvalue weighted by atomic mass is 16.6. The number of hydrogen-bond donors (Lipinski definition) is 1. The number of pyridine rings is 1. The summed E-state index contributed by atoms with van der Waals surface area (Å²) in [4.78, 5) is 34.1. The minimum absolute atomic E-state index is 0.207. The molecule has 0 aliphatic carbocycles. The number of anilines is 1. The lowest BCUT2D eigenvalue weighted by atomic mass is 10.2. The average molecular weight is 317 g/mol. The molecule has 1 heterocycles. The van der Waals surface area contributed by atoms with E-state index in [1.165, 1.54) is 14.0 Å². The van der Waals surface area contributed by atoms with E-state index in [-0.39, 0.29) is 17.8 Å². The SMILES string of the molecule is COc1ccc(NC(=O)Cn2cc([N+](=O)[O-])c(C)cc2=O)cc1. The maximum Gasteiger partial charge on any atom is 0.288 e. The number of rotatable bonds is 5. The zero-order chi connectivity index (χ0) is 17.0. The fourth-order valence-electron chi connectivity index (χ4n) is 2.00. The molecular weight excluding hydrogens is 302 g/mol. The van der Waals surface area contributed by atoms with Crippen molar-refractivity contribution in [1.29, 1.82) is 0 Å². The molecule has 0 bridgehead atoms. The number of carbonyl (C=O) groups is 1. The largest absolute Gasteiger partial charge is 0.497 e. The van der Waals surface area contributed by atoms with Crippen LogP contribution in [0.2, 0.25) is 0 Å². The Balaban J connectivity index is 2.14. The molecule has 0 atom stereocenters. The van der Waals surface area contributed by atoms with Gasteiger partial charge in [-0.2, -0.15) is 0 Å². The maximum atomic E-state index is 12.0. The van der Waals surface area contributed by atoms with Crippen molar-refractivity contribution in [3.63, 3.8) is 0 Å². The van der Waals surface area contributed by atoms with Gasteiger partial charge in [0, 0.05) is 17.3 Å². The molecule has 1 amide bonds. The van der Waals surface area contributed by atoms with Crippen LogP contribution in [0.15, 0.2) is 41.3 Å². The first kappa shape index (κ1) is 16.2. The Morgan fingerprint density at radius 1 is 1.35 bits per heavy atom. The van der Waals surface area contributed by atoms with Gasteiger partial charge < -0.3 is 10.1 Å². The third-order valence-electron chi connectivity index (χ3n) is 3.19. The van der Waals surface area contributed by atoms with Crippen molar-refractivity contribution in [3.8, 4) is 5.75 Å². The summed E-state index contributed by atoms with van der Waals surface area (Å²) in [5.41, 5.74) is 0.108. The van der Waals surface area contributed by atoms with Crippen LogP contribution in [0.5, 0.6) is 5.75 Å². The third kappa shape index (κ3) is 3.94. The lowest BCUT2D eigenvalue weighted by Gasteiger charge is -2.08. The highest BCUT2D eigenvalue weighted by Crippen LogP contribution is 2.16. The van der Waals surface area contributed by atoms with Crippen molar-refractivity contribution in [1.82, 2.24) is 4.57 Å². The number of ether oxygens (including phenoxy) is 1. The molecule has 23 heavy (non-hydrogen) atoms. The highest BCUT2D eigenvalue weighted by Gasteiger charge is 2.15. The molecule has 2 aromatic rings. The van der Waals surface area contributed by atoms with Crippen molar-refractivity contribution < 1.29 is 14.5 Å². The van der Waals surface area contributed by atoms with E-state index in [1.54, 1.807) is 24.3 Å². The van der Waals surface area contributed by atoms with E-state index in [0.29, 0.717) is 11.4 Å². The van der Waals surface area contributed by atoms with Gasteiger partial charge in [0.25, 0.3) is 11.2 Å². The molecule has 8 heteroatoms. The number of carbonyl (C=O) groups excluding carboxylic acids is 1. The van der Waals surface area contributed by atoms with Gasteiger partial charge in [0.15, 0.2) is 0 Å². The molecule has 8 nitrogen and oxygen atoms in total. The van der Waals surface area contributed by atoms with Crippen LogP contribution in [0.4, 0.5) is 11.4 Å².